The zero-order valence-corrected chi connectivity index (χ0v) is 11.2. The van der Waals surface area contributed by atoms with Gasteiger partial charge in [0.05, 0.1) is 25.6 Å². The molecule has 0 rings (SSSR count). The minimum absolute atomic E-state index is 0.0173. The molecule has 0 aromatic rings. The lowest BCUT2D eigenvalue weighted by Gasteiger charge is -2.23. The van der Waals surface area contributed by atoms with E-state index in [9.17, 15) is 9.59 Å². The normalized spacial score (nSPS) is 13.0. The van der Waals surface area contributed by atoms with Crippen LogP contribution in [0.1, 0.15) is 34.1 Å². The van der Waals surface area contributed by atoms with Crippen LogP contribution in [0.3, 0.4) is 0 Å². The van der Waals surface area contributed by atoms with Crippen molar-refractivity contribution >= 4 is 11.9 Å². The minimum Gasteiger partial charge on any atom is -0.466 e. The highest BCUT2D eigenvalue weighted by atomic mass is 16.6. The molecule has 5 heteroatoms. The molecule has 1 atom stereocenters. The fourth-order valence-electron chi connectivity index (χ4n) is 1.22. The monoisotopic (exact) mass is 246 g/mol. The third-order valence-electron chi connectivity index (χ3n) is 1.83. The first kappa shape index (κ1) is 15.9. The Labute approximate surface area is 102 Å². The van der Waals surface area contributed by atoms with E-state index in [1.54, 1.807) is 27.7 Å². The molecule has 17 heavy (non-hydrogen) atoms. The number of hydrogen-bond donors (Lipinski definition) is 0. The van der Waals surface area contributed by atoms with Crippen molar-refractivity contribution in [1.82, 2.24) is 0 Å². The van der Waals surface area contributed by atoms with Crippen LogP contribution in [0, 0.1) is 5.92 Å². The van der Waals surface area contributed by atoms with E-state index in [0.29, 0.717) is 6.61 Å². The Hall–Kier alpha value is -1.10. The fraction of sp³-hybridized carbons (Fsp3) is 0.833. The van der Waals surface area contributed by atoms with Crippen molar-refractivity contribution in [3.05, 3.63) is 0 Å². The zero-order chi connectivity index (χ0) is 13.5. The molecule has 5 nitrogen and oxygen atoms in total. The van der Waals surface area contributed by atoms with Crippen molar-refractivity contribution in [2.45, 2.75) is 39.7 Å². The second-order valence-electron chi connectivity index (χ2n) is 4.69. The maximum Gasteiger partial charge on any atom is 0.312 e. The van der Waals surface area contributed by atoms with Gasteiger partial charge in [-0.2, -0.15) is 0 Å². The summed E-state index contributed by atoms with van der Waals surface area (Å²) in [6.45, 7) is 7.49. The molecule has 0 aliphatic heterocycles. The Morgan fingerprint density at radius 3 is 2.24 bits per heavy atom. The average molecular weight is 246 g/mol. The van der Waals surface area contributed by atoms with Crippen LogP contribution in [0.4, 0.5) is 0 Å². The molecule has 0 aromatic carbocycles. The van der Waals surface area contributed by atoms with Crippen LogP contribution in [0.15, 0.2) is 0 Å². The van der Waals surface area contributed by atoms with E-state index in [1.165, 1.54) is 7.11 Å². The summed E-state index contributed by atoms with van der Waals surface area (Å²) >= 11 is 0. The van der Waals surface area contributed by atoms with Gasteiger partial charge in [-0.05, 0) is 27.7 Å². The molecule has 0 aliphatic carbocycles. The number of rotatable bonds is 6. The predicted molar refractivity (Wildman–Crippen MR) is 62.5 cm³/mol. The maximum absolute atomic E-state index is 11.8. The quantitative estimate of drug-likeness (QED) is 0.665. The summed E-state index contributed by atoms with van der Waals surface area (Å²) < 4.78 is 14.9. The molecular weight excluding hydrogens is 224 g/mol. The second-order valence-corrected chi connectivity index (χ2v) is 4.69. The van der Waals surface area contributed by atoms with Crippen molar-refractivity contribution in [2.75, 3.05) is 20.3 Å². The van der Waals surface area contributed by atoms with Crippen LogP contribution < -0.4 is 0 Å². The van der Waals surface area contributed by atoms with Gasteiger partial charge in [0.15, 0.2) is 0 Å². The van der Waals surface area contributed by atoms with Crippen molar-refractivity contribution < 1.29 is 23.8 Å². The molecular formula is C12H22O5. The highest BCUT2D eigenvalue weighted by molar-refractivity contribution is 5.80. The van der Waals surface area contributed by atoms with Crippen LogP contribution in [0.5, 0.6) is 0 Å². The first-order valence-corrected chi connectivity index (χ1v) is 5.67. The summed E-state index contributed by atoms with van der Waals surface area (Å²) in [7, 11) is 1.47. The van der Waals surface area contributed by atoms with Gasteiger partial charge in [0.2, 0.25) is 0 Å². The molecule has 0 heterocycles. The van der Waals surface area contributed by atoms with E-state index >= 15 is 0 Å². The van der Waals surface area contributed by atoms with Crippen LogP contribution in [-0.2, 0) is 23.8 Å². The number of methoxy groups -OCH3 is 1. The van der Waals surface area contributed by atoms with Gasteiger partial charge in [-0.25, -0.2) is 0 Å². The molecule has 0 fully saturated rings. The molecule has 0 bridgehead atoms. The Kier molecular flexibility index (Phi) is 6.80. The van der Waals surface area contributed by atoms with Gasteiger partial charge < -0.3 is 14.2 Å². The Bertz CT molecular complexity index is 254. The molecule has 0 spiro atoms. The first-order valence-electron chi connectivity index (χ1n) is 5.67. The molecule has 0 aromatic heterocycles. The minimum atomic E-state index is -0.613. The molecule has 0 aliphatic rings. The molecule has 0 N–H and O–H groups in total. The van der Waals surface area contributed by atoms with Gasteiger partial charge in [0.1, 0.15) is 5.60 Å². The number of carbonyl (C=O) groups is 2. The number of hydrogen-bond acceptors (Lipinski definition) is 5. The first-order chi connectivity index (χ1) is 7.80. The Balaban J connectivity index is 4.40. The van der Waals surface area contributed by atoms with Crippen molar-refractivity contribution in [2.24, 2.45) is 5.92 Å². The number of carbonyl (C=O) groups excluding carboxylic acids is 2. The molecule has 0 saturated heterocycles. The van der Waals surface area contributed by atoms with E-state index in [2.05, 4.69) is 0 Å². The number of esters is 2. The van der Waals surface area contributed by atoms with Crippen LogP contribution in [0.2, 0.25) is 0 Å². The summed E-state index contributed by atoms with van der Waals surface area (Å²) in [5.74, 6) is -1.47. The summed E-state index contributed by atoms with van der Waals surface area (Å²) in [5.41, 5.74) is -0.572. The highest BCUT2D eigenvalue weighted by Crippen LogP contribution is 2.14. The van der Waals surface area contributed by atoms with E-state index in [1.807, 2.05) is 0 Å². The van der Waals surface area contributed by atoms with E-state index < -0.39 is 23.5 Å². The summed E-state index contributed by atoms with van der Waals surface area (Å²) in [6, 6.07) is 0. The van der Waals surface area contributed by atoms with E-state index in [4.69, 9.17) is 14.2 Å². The largest absolute Gasteiger partial charge is 0.466 e. The molecule has 0 unspecified atom stereocenters. The highest BCUT2D eigenvalue weighted by Gasteiger charge is 2.27. The smallest absolute Gasteiger partial charge is 0.312 e. The van der Waals surface area contributed by atoms with Gasteiger partial charge in [0, 0.05) is 7.11 Å². The van der Waals surface area contributed by atoms with Gasteiger partial charge in [-0.15, -0.1) is 0 Å². The Morgan fingerprint density at radius 1 is 1.24 bits per heavy atom. The van der Waals surface area contributed by atoms with Gasteiger partial charge in [-0.3, -0.25) is 9.59 Å². The topological polar surface area (TPSA) is 61.8 Å². The third-order valence-corrected chi connectivity index (χ3v) is 1.83. The van der Waals surface area contributed by atoms with Gasteiger partial charge in [0.25, 0.3) is 0 Å². The lowest BCUT2D eigenvalue weighted by Crippen LogP contribution is -2.32. The fourth-order valence-corrected chi connectivity index (χ4v) is 1.22. The molecule has 0 saturated carbocycles. The zero-order valence-electron chi connectivity index (χ0n) is 11.2. The summed E-state index contributed by atoms with van der Waals surface area (Å²) in [5, 5.41) is 0. The number of ether oxygens (including phenoxy) is 3. The van der Waals surface area contributed by atoms with Crippen molar-refractivity contribution in [3.63, 3.8) is 0 Å². The standard InChI is InChI=1S/C12H22O5/c1-6-16-10(13)7-9(8-15-5)11(14)17-12(2,3)4/h9H,6-8H2,1-5H3/t9-/m1/s1. The SMILES string of the molecule is CCOC(=O)C[C@H](COC)C(=O)OC(C)(C)C. The maximum atomic E-state index is 11.8. The Morgan fingerprint density at radius 2 is 1.82 bits per heavy atom. The van der Waals surface area contributed by atoms with Crippen LogP contribution in [0.25, 0.3) is 0 Å². The van der Waals surface area contributed by atoms with E-state index in [0.717, 1.165) is 0 Å². The van der Waals surface area contributed by atoms with Gasteiger partial charge in [-0.1, -0.05) is 0 Å². The summed E-state index contributed by atoms with van der Waals surface area (Å²) in [4.78, 5) is 23.1. The van der Waals surface area contributed by atoms with Gasteiger partial charge >= 0.3 is 11.9 Å². The second kappa shape index (κ2) is 7.27. The van der Waals surface area contributed by atoms with Crippen molar-refractivity contribution in [3.8, 4) is 0 Å². The van der Waals surface area contributed by atoms with E-state index in [-0.39, 0.29) is 13.0 Å². The average Bonchev–Trinajstić information content (AvgIpc) is 2.14. The lowest BCUT2D eigenvalue weighted by molar-refractivity contribution is -0.165. The summed E-state index contributed by atoms with van der Waals surface area (Å²) in [6.07, 6.45) is -0.0173. The lowest BCUT2D eigenvalue weighted by atomic mass is 10.1. The molecule has 0 radical (unpaired) electrons. The van der Waals surface area contributed by atoms with Crippen LogP contribution >= 0.6 is 0 Å². The third kappa shape index (κ3) is 7.74. The molecule has 100 valence electrons. The predicted octanol–water partition coefficient (Wildman–Crippen LogP) is 1.54. The van der Waals surface area contributed by atoms with Crippen LogP contribution in [-0.4, -0.2) is 37.9 Å². The molecule has 0 amide bonds. The van der Waals surface area contributed by atoms with Crippen molar-refractivity contribution in [1.29, 1.82) is 0 Å².